The molecule has 2 amide bonds. The molecule has 7 heteroatoms. The maximum atomic E-state index is 12.8. The summed E-state index contributed by atoms with van der Waals surface area (Å²) >= 11 is 0. The van der Waals surface area contributed by atoms with Crippen LogP contribution in [0, 0.1) is 0 Å². The molecule has 1 fully saturated rings. The fourth-order valence-electron chi connectivity index (χ4n) is 3.32. The highest BCUT2D eigenvalue weighted by Crippen LogP contribution is 2.14. The standard InChI is InChI=1S/C22H27N3O4/c1-2-29-22(27)23-19-10-8-18(9-11-19)21(26)24-20(17-6-4-3-5-7-17)16-25-12-14-28-15-13-25/h3-11,20H,2,12-16H2,1H3,(H,23,27)(H,24,26)/p+1/t20-/m1/s1. The number of benzene rings is 2. The molecule has 1 saturated heterocycles. The van der Waals surface area contributed by atoms with Gasteiger partial charge in [-0.15, -0.1) is 0 Å². The lowest BCUT2D eigenvalue weighted by Gasteiger charge is -2.28. The Kier molecular flexibility index (Phi) is 7.61. The zero-order valence-electron chi connectivity index (χ0n) is 16.6. The molecule has 0 bridgehead atoms. The molecule has 1 atom stereocenters. The van der Waals surface area contributed by atoms with E-state index in [0.29, 0.717) is 17.9 Å². The lowest BCUT2D eigenvalue weighted by atomic mass is 10.1. The van der Waals surface area contributed by atoms with E-state index in [2.05, 4.69) is 10.6 Å². The third-order valence-electron chi connectivity index (χ3n) is 4.87. The predicted molar refractivity (Wildman–Crippen MR) is 110 cm³/mol. The van der Waals surface area contributed by atoms with Crippen molar-refractivity contribution in [3.05, 3.63) is 65.7 Å². The fourth-order valence-corrected chi connectivity index (χ4v) is 3.32. The molecule has 0 aliphatic carbocycles. The predicted octanol–water partition coefficient (Wildman–Crippen LogP) is 1.64. The smallest absolute Gasteiger partial charge is 0.411 e. The second-order valence-corrected chi connectivity index (χ2v) is 6.93. The van der Waals surface area contributed by atoms with Gasteiger partial charge in [0.2, 0.25) is 0 Å². The van der Waals surface area contributed by atoms with Gasteiger partial charge >= 0.3 is 6.09 Å². The largest absolute Gasteiger partial charge is 0.450 e. The van der Waals surface area contributed by atoms with Gasteiger partial charge in [-0.2, -0.15) is 0 Å². The first-order valence-corrected chi connectivity index (χ1v) is 9.96. The van der Waals surface area contributed by atoms with Crippen molar-refractivity contribution in [2.75, 3.05) is 44.8 Å². The Hall–Kier alpha value is -2.90. The number of hydrogen-bond donors (Lipinski definition) is 3. The summed E-state index contributed by atoms with van der Waals surface area (Å²) in [6.07, 6.45) is -0.512. The van der Waals surface area contributed by atoms with Gasteiger partial charge in [-0.1, -0.05) is 30.3 Å². The average molecular weight is 398 g/mol. The molecule has 7 nitrogen and oxygen atoms in total. The van der Waals surface area contributed by atoms with Crippen molar-refractivity contribution in [3.8, 4) is 0 Å². The summed E-state index contributed by atoms with van der Waals surface area (Å²) < 4.78 is 10.3. The Morgan fingerprint density at radius 3 is 2.41 bits per heavy atom. The molecular formula is C22H28N3O4+. The topological polar surface area (TPSA) is 81.1 Å². The van der Waals surface area contributed by atoms with Crippen LogP contribution in [-0.2, 0) is 9.47 Å². The lowest BCUT2D eigenvalue weighted by Crippen LogP contribution is -3.14. The minimum Gasteiger partial charge on any atom is -0.450 e. The molecule has 154 valence electrons. The number of carbonyl (C=O) groups is 2. The first-order chi connectivity index (χ1) is 14.2. The van der Waals surface area contributed by atoms with E-state index in [1.807, 2.05) is 30.3 Å². The van der Waals surface area contributed by atoms with Crippen molar-refractivity contribution >= 4 is 17.7 Å². The van der Waals surface area contributed by atoms with Crippen molar-refractivity contribution in [1.29, 1.82) is 0 Å². The van der Waals surface area contributed by atoms with E-state index in [1.165, 1.54) is 4.90 Å². The quantitative estimate of drug-likeness (QED) is 0.662. The molecule has 2 aromatic carbocycles. The highest BCUT2D eigenvalue weighted by Gasteiger charge is 2.23. The number of carbonyl (C=O) groups excluding carboxylic acids is 2. The Bertz CT molecular complexity index is 789. The van der Waals surface area contributed by atoms with Crippen molar-refractivity contribution in [2.45, 2.75) is 13.0 Å². The Morgan fingerprint density at radius 2 is 1.76 bits per heavy atom. The highest BCUT2D eigenvalue weighted by atomic mass is 16.5. The van der Waals surface area contributed by atoms with E-state index >= 15 is 0 Å². The summed E-state index contributed by atoms with van der Waals surface area (Å²) in [5.74, 6) is -0.144. The molecule has 1 aliphatic heterocycles. The van der Waals surface area contributed by atoms with Gasteiger partial charge < -0.3 is 19.7 Å². The number of morpholine rings is 1. The third kappa shape index (κ3) is 6.30. The van der Waals surface area contributed by atoms with Crippen LogP contribution in [0.25, 0.3) is 0 Å². The summed E-state index contributed by atoms with van der Waals surface area (Å²) in [6, 6.07) is 16.7. The zero-order valence-corrected chi connectivity index (χ0v) is 16.6. The second kappa shape index (κ2) is 10.6. The van der Waals surface area contributed by atoms with E-state index in [9.17, 15) is 9.59 Å². The van der Waals surface area contributed by atoms with Gasteiger partial charge in [0, 0.05) is 11.3 Å². The molecule has 0 aromatic heterocycles. The summed E-state index contributed by atoms with van der Waals surface area (Å²) in [7, 11) is 0. The monoisotopic (exact) mass is 398 g/mol. The number of quaternary nitrogens is 1. The van der Waals surface area contributed by atoms with Crippen LogP contribution in [0.1, 0.15) is 28.9 Å². The molecule has 0 spiro atoms. The summed E-state index contributed by atoms with van der Waals surface area (Å²) in [5, 5.41) is 5.79. The van der Waals surface area contributed by atoms with Crippen LogP contribution >= 0.6 is 0 Å². The van der Waals surface area contributed by atoms with Crippen molar-refractivity contribution < 1.29 is 24.0 Å². The lowest BCUT2D eigenvalue weighted by molar-refractivity contribution is -0.909. The van der Waals surface area contributed by atoms with Crippen molar-refractivity contribution in [3.63, 3.8) is 0 Å². The summed E-state index contributed by atoms with van der Waals surface area (Å²) in [5.41, 5.74) is 2.20. The molecule has 29 heavy (non-hydrogen) atoms. The molecule has 1 heterocycles. The third-order valence-corrected chi connectivity index (χ3v) is 4.87. The Balaban J connectivity index is 1.66. The van der Waals surface area contributed by atoms with E-state index in [0.717, 1.165) is 38.4 Å². The Labute approximate surface area is 171 Å². The van der Waals surface area contributed by atoms with Crippen molar-refractivity contribution in [2.24, 2.45) is 0 Å². The van der Waals surface area contributed by atoms with E-state index in [4.69, 9.17) is 9.47 Å². The van der Waals surface area contributed by atoms with Gasteiger partial charge in [0.1, 0.15) is 25.7 Å². The molecule has 1 aliphatic rings. The molecule has 0 radical (unpaired) electrons. The first kappa shape index (κ1) is 20.8. The number of anilines is 1. The normalized spacial score (nSPS) is 15.3. The van der Waals surface area contributed by atoms with Crippen LogP contribution in [0.15, 0.2) is 54.6 Å². The second-order valence-electron chi connectivity index (χ2n) is 6.93. The van der Waals surface area contributed by atoms with E-state index in [1.54, 1.807) is 31.2 Å². The molecule has 3 N–H and O–H groups in total. The summed E-state index contributed by atoms with van der Waals surface area (Å²) in [6.45, 7) is 6.23. The van der Waals surface area contributed by atoms with E-state index < -0.39 is 6.09 Å². The van der Waals surface area contributed by atoms with Gasteiger partial charge in [0.05, 0.1) is 19.8 Å². The van der Waals surface area contributed by atoms with Crippen LogP contribution in [0.3, 0.4) is 0 Å². The minimum atomic E-state index is -0.512. The van der Waals surface area contributed by atoms with Gasteiger partial charge in [0.25, 0.3) is 5.91 Å². The zero-order chi connectivity index (χ0) is 20.5. The average Bonchev–Trinajstić information content (AvgIpc) is 2.75. The molecule has 0 saturated carbocycles. The molecular weight excluding hydrogens is 370 g/mol. The van der Waals surface area contributed by atoms with Crippen molar-refractivity contribution in [1.82, 2.24) is 5.32 Å². The van der Waals surface area contributed by atoms with E-state index in [-0.39, 0.29) is 11.9 Å². The number of nitrogens with one attached hydrogen (secondary N) is 3. The molecule has 3 rings (SSSR count). The summed E-state index contributed by atoms with van der Waals surface area (Å²) in [4.78, 5) is 25.8. The van der Waals surface area contributed by atoms with Crippen LogP contribution in [0.4, 0.5) is 10.5 Å². The van der Waals surface area contributed by atoms with Gasteiger partial charge in [-0.25, -0.2) is 4.79 Å². The SMILES string of the molecule is CCOC(=O)Nc1ccc(C(=O)N[C@H](C[NH+]2CCOCC2)c2ccccc2)cc1. The number of amides is 2. The van der Waals surface area contributed by atoms with Crippen LogP contribution in [0.5, 0.6) is 0 Å². The maximum Gasteiger partial charge on any atom is 0.411 e. The highest BCUT2D eigenvalue weighted by molar-refractivity contribution is 5.95. The Morgan fingerprint density at radius 1 is 1.07 bits per heavy atom. The molecule has 2 aromatic rings. The van der Waals surface area contributed by atoms with Crippen LogP contribution < -0.4 is 15.5 Å². The fraction of sp³-hybridized carbons (Fsp3) is 0.364. The number of rotatable bonds is 7. The molecule has 0 unspecified atom stereocenters. The first-order valence-electron chi connectivity index (χ1n) is 9.96. The number of ether oxygens (including phenoxy) is 2. The van der Waals surface area contributed by atoms with Crippen LogP contribution in [0.2, 0.25) is 0 Å². The van der Waals surface area contributed by atoms with Crippen LogP contribution in [-0.4, -0.2) is 51.5 Å². The maximum absolute atomic E-state index is 12.8. The minimum absolute atomic E-state index is 0.0888. The van der Waals surface area contributed by atoms with Gasteiger partial charge in [-0.05, 0) is 36.8 Å². The van der Waals surface area contributed by atoms with Gasteiger partial charge in [0.15, 0.2) is 0 Å². The van der Waals surface area contributed by atoms with Gasteiger partial charge in [-0.3, -0.25) is 10.1 Å². The number of hydrogen-bond acceptors (Lipinski definition) is 4.